The Bertz CT molecular complexity index is 1060. The molecule has 1 aliphatic carbocycles. The molecule has 3 aromatic rings. The zero-order valence-electron chi connectivity index (χ0n) is 22.1. The Morgan fingerprint density at radius 1 is 1.03 bits per heavy atom. The van der Waals surface area contributed by atoms with Crippen molar-refractivity contribution < 1.29 is 36.3 Å². The molecule has 4 rings (SSSR count). The highest BCUT2D eigenvalue weighted by atomic mass is 35.5. The summed E-state index contributed by atoms with van der Waals surface area (Å²) in [4.78, 5) is 4.61. The number of ether oxygens (including phenoxy) is 1. The number of aliphatic hydroxyl groups excluding tert-OH is 1. The van der Waals surface area contributed by atoms with Crippen LogP contribution in [0.2, 0.25) is 0 Å². The number of oxazole rings is 1. The summed E-state index contributed by atoms with van der Waals surface area (Å²) >= 11 is 0. The maximum atomic E-state index is 12.0. The maximum Gasteiger partial charge on any atom is 0.231 e. The minimum atomic E-state index is -1.20. The Labute approximate surface area is 227 Å². The van der Waals surface area contributed by atoms with E-state index in [-0.39, 0.29) is 24.9 Å². The zero-order valence-corrected chi connectivity index (χ0v) is 22.9. The van der Waals surface area contributed by atoms with Gasteiger partial charge in [0, 0.05) is 18.9 Å². The SMILES string of the molecule is C[N+](C)(CCCOc1ccc(CCO)cc1)Cc1cnc([C@](O)(c2ccccc2)C2CCCCC2)o1.[Cl-]. The monoisotopic (exact) mass is 528 g/mol. The van der Waals surface area contributed by atoms with Gasteiger partial charge in [-0.1, -0.05) is 61.7 Å². The lowest BCUT2D eigenvalue weighted by molar-refractivity contribution is -0.904. The third-order valence-electron chi connectivity index (χ3n) is 7.37. The highest BCUT2D eigenvalue weighted by Gasteiger charge is 2.44. The lowest BCUT2D eigenvalue weighted by atomic mass is 9.73. The first-order valence-electron chi connectivity index (χ1n) is 13.3. The summed E-state index contributed by atoms with van der Waals surface area (Å²) in [5.41, 5.74) is 0.773. The van der Waals surface area contributed by atoms with Gasteiger partial charge in [0.1, 0.15) is 12.3 Å². The van der Waals surface area contributed by atoms with Crippen molar-refractivity contribution >= 4 is 0 Å². The number of hydrogen-bond acceptors (Lipinski definition) is 5. The predicted molar refractivity (Wildman–Crippen MR) is 141 cm³/mol. The van der Waals surface area contributed by atoms with Crippen molar-refractivity contribution in [3.05, 3.63) is 83.6 Å². The van der Waals surface area contributed by atoms with Gasteiger partial charge in [-0.15, -0.1) is 0 Å². The van der Waals surface area contributed by atoms with Crippen LogP contribution in [-0.2, 0) is 18.6 Å². The van der Waals surface area contributed by atoms with Crippen LogP contribution in [-0.4, -0.2) is 53.5 Å². The minimum Gasteiger partial charge on any atom is -1.00 e. The van der Waals surface area contributed by atoms with Crippen LogP contribution in [0.25, 0.3) is 0 Å². The van der Waals surface area contributed by atoms with Crippen molar-refractivity contribution in [3.8, 4) is 5.75 Å². The van der Waals surface area contributed by atoms with Gasteiger partial charge in [0.2, 0.25) is 5.89 Å². The molecule has 6 nitrogen and oxygen atoms in total. The van der Waals surface area contributed by atoms with Crippen molar-refractivity contribution in [3.63, 3.8) is 0 Å². The lowest BCUT2D eigenvalue weighted by Gasteiger charge is -2.36. The Morgan fingerprint density at radius 3 is 2.41 bits per heavy atom. The van der Waals surface area contributed by atoms with E-state index in [1.54, 1.807) is 6.20 Å². The third-order valence-corrected chi connectivity index (χ3v) is 7.37. The molecule has 0 bridgehead atoms. The van der Waals surface area contributed by atoms with Crippen LogP contribution in [0.4, 0.5) is 0 Å². The molecule has 2 N–H and O–H groups in total. The number of aliphatic hydroxyl groups is 2. The molecule has 1 heterocycles. The number of hydrogen-bond donors (Lipinski definition) is 2. The molecule has 37 heavy (non-hydrogen) atoms. The highest BCUT2D eigenvalue weighted by Crippen LogP contribution is 2.43. The van der Waals surface area contributed by atoms with Crippen LogP contribution in [0, 0.1) is 5.92 Å². The van der Waals surface area contributed by atoms with Crippen LogP contribution in [0.15, 0.2) is 65.2 Å². The van der Waals surface area contributed by atoms with Crippen LogP contribution in [0.1, 0.15) is 61.3 Å². The molecule has 0 unspecified atom stereocenters. The summed E-state index contributed by atoms with van der Waals surface area (Å²) < 4.78 is 12.9. The van der Waals surface area contributed by atoms with Crippen LogP contribution in [0.5, 0.6) is 5.75 Å². The fourth-order valence-corrected chi connectivity index (χ4v) is 5.37. The number of rotatable bonds is 12. The molecule has 0 spiro atoms. The molecule has 7 heteroatoms. The van der Waals surface area contributed by atoms with Crippen LogP contribution >= 0.6 is 0 Å². The first-order valence-corrected chi connectivity index (χ1v) is 13.3. The molecule has 0 saturated heterocycles. The molecule has 1 aliphatic rings. The number of quaternary nitrogens is 1. The summed E-state index contributed by atoms with van der Waals surface area (Å²) in [6.45, 7) is 2.41. The first-order chi connectivity index (χ1) is 17.4. The molecular formula is C30H41ClN2O4. The Kier molecular flexibility index (Phi) is 10.6. The van der Waals surface area contributed by atoms with Gasteiger partial charge in [-0.05, 0) is 42.5 Å². The number of benzene rings is 2. The molecule has 1 aromatic heterocycles. The average Bonchev–Trinajstić information content (AvgIpc) is 3.36. The predicted octanol–water partition coefficient (Wildman–Crippen LogP) is 2.08. The molecule has 0 aliphatic heterocycles. The fraction of sp³-hybridized carbons (Fsp3) is 0.500. The van der Waals surface area contributed by atoms with Gasteiger partial charge >= 0.3 is 0 Å². The number of aromatic nitrogens is 1. The lowest BCUT2D eigenvalue weighted by Crippen LogP contribution is -3.00. The highest BCUT2D eigenvalue weighted by molar-refractivity contribution is 5.30. The van der Waals surface area contributed by atoms with E-state index in [1.807, 2.05) is 54.6 Å². The second kappa shape index (κ2) is 13.4. The topological polar surface area (TPSA) is 75.7 Å². The molecule has 2 aromatic carbocycles. The van der Waals surface area contributed by atoms with E-state index in [9.17, 15) is 5.11 Å². The quantitative estimate of drug-likeness (QED) is 0.278. The van der Waals surface area contributed by atoms with Crippen molar-refractivity contribution in [2.45, 2.75) is 57.1 Å². The van der Waals surface area contributed by atoms with Crippen LogP contribution in [0.3, 0.4) is 0 Å². The normalized spacial score (nSPS) is 16.1. The van der Waals surface area contributed by atoms with Crippen molar-refractivity contribution in [1.82, 2.24) is 4.98 Å². The molecular weight excluding hydrogens is 488 g/mol. The van der Waals surface area contributed by atoms with Crippen molar-refractivity contribution in [1.29, 1.82) is 0 Å². The first kappa shape index (κ1) is 29.2. The zero-order chi connectivity index (χ0) is 25.4. The van der Waals surface area contributed by atoms with E-state index in [0.717, 1.165) is 65.8 Å². The third kappa shape index (κ3) is 7.57. The summed E-state index contributed by atoms with van der Waals surface area (Å²) in [7, 11) is 4.35. The Balaban J connectivity index is 0.00000380. The van der Waals surface area contributed by atoms with Gasteiger partial charge in [-0.2, -0.15) is 0 Å². The van der Waals surface area contributed by atoms with Gasteiger partial charge < -0.3 is 36.3 Å². The Morgan fingerprint density at radius 2 is 1.73 bits per heavy atom. The van der Waals surface area contributed by atoms with Gasteiger partial charge in [0.15, 0.2) is 11.4 Å². The van der Waals surface area contributed by atoms with E-state index in [0.29, 0.717) is 25.5 Å². The average molecular weight is 529 g/mol. The Hall–Kier alpha value is -2.38. The smallest absolute Gasteiger partial charge is 0.231 e. The summed E-state index contributed by atoms with van der Waals surface area (Å²) in [6, 6.07) is 17.8. The molecule has 0 radical (unpaired) electrons. The molecule has 1 fully saturated rings. The van der Waals surface area contributed by atoms with Crippen molar-refractivity contribution in [2.24, 2.45) is 5.92 Å². The maximum absolute atomic E-state index is 12.0. The van der Waals surface area contributed by atoms with Gasteiger partial charge in [0.25, 0.3) is 0 Å². The molecule has 202 valence electrons. The van der Waals surface area contributed by atoms with E-state index in [4.69, 9.17) is 14.3 Å². The second-order valence-corrected chi connectivity index (χ2v) is 10.7. The molecule has 0 amide bonds. The van der Waals surface area contributed by atoms with Gasteiger partial charge in [0.05, 0.1) is 33.4 Å². The van der Waals surface area contributed by atoms with E-state index in [1.165, 1.54) is 6.42 Å². The van der Waals surface area contributed by atoms with E-state index >= 15 is 0 Å². The number of halogens is 1. The minimum absolute atomic E-state index is 0. The largest absolute Gasteiger partial charge is 1.00 e. The fourth-order valence-electron chi connectivity index (χ4n) is 5.37. The van der Waals surface area contributed by atoms with Crippen molar-refractivity contribution in [2.75, 3.05) is 33.9 Å². The second-order valence-electron chi connectivity index (χ2n) is 10.7. The summed E-state index contributed by atoms with van der Waals surface area (Å²) in [6.07, 6.45) is 8.81. The number of nitrogens with zero attached hydrogens (tertiary/aromatic N) is 2. The van der Waals surface area contributed by atoms with Gasteiger partial charge in [-0.3, -0.25) is 0 Å². The van der Waals surface area contributed by atoms with Crippen LogP contribution < -0.4 is 17.1 Å². The van der Waals surface area contributed by atoms with E-state index < -0.39 is 5.60 Å². The molecule has 1 atom stereocenters. The van der Waals surface area contributed by atoms with Gasteiger partial charge in [-0.25, -0.2) is 4.98 Å². The van der Waals surface area contributed by atoms with E-state index in [2.05, 4.69) is 19.1 Å². The summed E-state index contributed by atoms with van der Waals surface area (Å²) in [5.74, 6) is 2.17. The summed E-state index contributed by atoms with van der Waals surface area (Å²) in [5, 5.41) is 21.1. The standard InChI is InChI=1S/C30H41N2O4.ClH/c1-32(2,19-9-21-35-27-16-14-24(15-17-27)18-20-33)23-28-22-31-29(36-28)30(34,25-10-5-3-6-11-25)26-12-7-4-8-13-26;/h3,5-6,10-11,14-17,22,26,33-34H,4,7-9,12-13,18-21,23H2,1-2H3;1H/q+1;/p-1/t30-;/m0./s1. The molecule has 1 saturated carbocycles.